The quantitative estimate of drug-likeness (QED) is 0.866. The highest BCUT2D eigenvalue weighted by atomic mass is 32.2. The standard InChI is InChI=1S/C18H20FN3O3S/c1-2-22(16-7-9-26(24,25)12-16)15-6-8-20-17(11-15)18(23)21-14-5-3-4-13(19)10-14/h3-6,8,10-11,16H,2,7,9,12H2,1H3,(H,21,23). The van der Waals surface area contributed by atoms with E-state index in [9.17, 15) is 17.6 Å². The Morgan fingerprint density at radius 2 is 2.15 bits per heavy atom. The number of benzene rings is 1. The fourth-order valence-corrected chi connectivity index (χ4v) is 4.89. The molecule has 1 aromatic carbocycles. The SMILES string of the molecule is CCN(c1ccnc(C(=O)Nc2cccc(F)c2)c1)C1CCS(=O)(=O)C1. The Morgan fingerprint density at radius 1 is 1.35 bits per heavy atom. The smallest absolute Gasteiger partial charge is 0.274 e. The van der Waals surface area contributed by atoms with Crippen LogP contribution in [0.2, 0.25) is 0 Å². The van der Waals surface area contributed by atoms with Crippen LogP contribution in [0.25, 0.3) is 0 Å². The van der Waals surface area contributed by atoms with E-state index in [1.807, 2.05) is 11.8 Å². The molecule has 0 spiro atoms. The fraction of sp³-hybridized carbons (Fsp3) is 0.333. The Balaban J connectivity index is 1.79. The minimum Gasteiger partial charge on any atom is -0.368 e. The van der Waals surface area contributed by atoms with Crippen LogP contribution in [0.3, 0.4) is 0 Å². The van der Waals surface area contributed by atoms with Gasteiger partial charge in [-0.1, -0.05) is 6.07 Å². The molecule has 1 N–H and O–H groups in total. The van der Waals surface area contributed by atoms with Crippen molar-refractivity contribution in [1.82, 2.24) is 4.98 Å². The molecule has 138 valence electrons. The first-order valence-corrected chi connectivity index (χ1v) is 10.2. The molecule has 26 heavy (non-hydrogen) atoms. The third kappa shape index (κ3) is 4.19. The summed E-state index contributed by atoms with van der Waals surface area (Å²) in [5.74, 6) is -0.586. The van der Waals surface area contributed by atoms with Crippen molar-refractivity contribution in [1.29, 1.82) is 0 Å². The lowest BCUT2D eigenvalue weighted by molar-refractivity contribution is 0.102. The van der Waals surface area contributed by atoms with Crippen molar-refractivity contribution in [3.8, 4) is 0 Å². The monoisotopic (exact) mass is 377 g/mol. The van der Waals surface area contributed by atoms with Gasteiger partial charge in [-0.05, 0) is 43.7 Å². The number of anilines is 2. The molecule has 1 fully saturated rings. The van der Waals surface area contributed by atoms with E-state index in [0.29, 0.717) is 18.7 Å². The van der Waals surface area contributed by atoms with E-state index in [-0.39, 0.29) is 23.2 Å². The first kappa shape index (κ1) is 18.3. The van der Waals surface area contributed by atoms with Crippen LogP contribution >= 0.6 is 0 Å². The summed E-state index contributed by atoms with van der Waals surface area (Å²) in [7, 11) is -3.00. The number of nitrogens with zero attached hydrogens (tertiary/aromatic N) is 2. The summed E-state index contributed by atoms with van der Waals surface area (Å²) in [6, 6.07) is 8.90. The number of carbonyl (C=O) groups excluding carboxylic acids is 1. The van der Waals surface area contributed by atoms with E-state index in [2.05, 4.69) is 10.3 Å². The number of sulfone groups is 1. The van der Waals surface area contributed by atoms with E-state index in [1.165, 1.54) is 24.4 Å². The molecular weight excluding hydrogens is 357 g/mol. The third-order valence-electron chi connectivity index (χ3n) is 4.38. The molecule has 1 atom stereocenters. The van der Waals surface area contributed by atoms with Crippen molar-refractivity contribution in [2.75, 3.05) is 28.3 Å². The number of rotatable bonds is 5. The number of hydrogen-bond acceptors (Lipinski definition) is 5. The number of aromatic nitrogens is 1. The summed E-state index contributed by atoms with van der Waals surface area (Å²) in [4.78, 5) is 18.5. The zero-order valence-electron chi connectivity index (χ0n) is 14.4. The lowest BCUT2D eigenvalue weighted by atomic mass is 10.2. The average Bonchev–Trinajstić information content (AvgIpc) is 2.95. The van der Waals surface area contributed by atoms with Gasteiger partial charge in [0.1, 0.15) is 11.5 Å². The van der Waals surface area contributed by atoms with Crippen molar-refractivity contribution in [2.45, 2.75) is 19.4 Å². The van der Waals surface area contributed by atoms with Crippen LogP contribution in [0.1, 0.15) is 23.8 Å². The molecule has 0 radical (unpaired) electrons. The Hall–Kier alpha value is -2.48. The third-order valence-corrected chi connectivity index (χ3v) is 6.13. The van der Waals surface area contributed by atoms with E-state index < -0.39 is 21.6 Å². The van der Waals surface area contributed by atoms with Crippen LogP contribution in [-0.4, -0.2) is 43.4 Å². The molecule has 1 amide bonds. The summed E-state index contributed by atoms with van der Waals surface area (Å²) < 4.78 is 36.8. The topological polar surface area (TPSA) is 79.4 Å². The molecule has 0 saturated carbocycles. The van der Waals surface area contributed by atoms with Gasteiger partial charge in [0.2, 0.25) is 0 Å². The number of nitrogens with one attached hydrogen (secondary N) is 1. The van der Waals surface area contributed by atoms with Crippen LogP contribution < -0.4 is 10.2 Å². The van der Waals surface area contributed by atoms with Gasteiger partial charge in [-0.3, -0.25) is 9.78 Å². The molecule has 2 heterocycles. The second-order valence-electron chi connectivity index (χ2n) is 6.21. The minimum atomic E-state index is -3.00. The maximum Gasteiger partial charge on any atom is 0.274 e. The summed E-state index contributed by atoms with van der Waals surface area (Å²) in [5, 5.41) is 2.61. The Labute approximate surface area is 152 Å². The molecule has 6 nitrogen and oxygen atoms in total. The number of hydrogen-bond donors (Lipinski definition) is 1. The minimum absolute atomic E-state index is 0.105. The first-order chi connectivity index (χ1) is 12.4. The van der Waals surface area contributed by atoms with Gasteiger partial charge in [0.15, 0.2) is 9.84 Å². The predicted molar refractivity (Wildman–Crippen MR) is 98.7 cm³/mol. The molecule has 1 aliphatic rings. The van der Waals surface area contributed by atoms with Crippen LogP contribution in [0.15, 0.2) is 42.6 Å². The van der Waals surface area contributed by atoms with Gasteiger partial charge in [-0.25, -0.2) is 12.8 Å². The van der Waals surface area contributed by atoms with Crippen LogP contribution in [0, 0.1) is 5.82 Å². The zero-order chi connectivity index (χ0) is 18.7. The van der Waals surface area contributed by atoms with Crippen LogP contribution in [-0.2, 0) is 9.84 Å². The van der Waals surface area contributed by atoms with Crippen molar-refractivity contribution in [3.63, 3.8) is 0 Å². The zero-order valence-corrected chi connectivity index (χ0v) is 15.2. The van der Waals surface area contributed by atoms with Gasteiger partial charge >= 0.3 is 0 Å². The fourth-order valence-electron chi connectivity index (χ4n) is 3.16. The molecule has 3 rings (SSSR count). The molecule has 1 saturated heterocycles. The highest BCUT2D eigenvalue weighted by Crippen LogP contribution is 2.24. The molecule has 1 aromatic heterocycles. The predicted octanol–water partition coefficient (Wildman–Crippen LogP) is 2.49. The summed E-state index contributed by atoms with van der Waals surface area (Å²) in [6.45, 7) is 2.56. The summed E-state index contributed by atoms with van der Waals surface area (Å²) >= 11 is 0. The Kier molecular flexibility index (Phi) is 5.22. The van der Waals surface area contributed by atoms with E-state index in [0.717, 1.165) is 5.69 Å². The second kappa shape index (κ2) is 7.41. The molecule has 2 aromatic rings. The highest BCUT2D eigenvalue weighted by molar-refractivity contribution is 7.91. The molecule has 0 bridgehead atoms. The lowest BCUT2D eigenvalue weighted by Gasteiger charge is -2.29. The molecular formula is C18H20FN3O3S. The second-order valence-corrected chi connectivity index (χ2v) is 8.44. The Morgan fingerprint density at radius 3 is 2.81 bits per heavy atom. The van der Waals surface area contributed by atoms with Crippen molar-refractivity contribution in [3.05, 3.63) is 54.1 Å². The number of amides is 1. The maximum absolute atomic E-state index is 13.2. The van der Waals surface area contributed by atoms with Gasteiger partial charge in [0.05, 0.1) is 11.5 Å². The molecule has 1 unspecified atom stereocenters. The largest absolute Gasteiger partial charge is 0.368 e. The summed E-state index contributed by atoms with van der Waals surface area (Å²) in [5.41, 5.74) is 1.27. The maximum atomic E-state index is 13.2. The number of halogens is 1. The molecule has 1 aliphatic heterocycles. The van der Waals surface area contributed by atoms with Gasteiger partial charge in [0, 0.05) is 30.2 Å². The van der Waals surface area contributed by atoms with Gasteiger partial charge in [0.25, 0.3) is 5.91 Å². The number of pyridine rings is 1. The lowest BCUT2D eigenvalue weighted by Crippen LogP contribution is -2.36. The van der Waals surface area contributed by atoms with Gasteiger partial charge < -0.3 is 10.2 Å². The van der Waals surface area contributed by atoms with Crippen molar-refractivity contribution in [2.24, 2.45) is 0 Å². The highest BCUT2D eigenvalue weighted by Gasteiger charge is 2.32. The van der Waals surface area contributed by atoms with Crippen molar-refractivity contribution < 1.29 is 17.6 Å². The average molecular weight is 377 g/mol. The van der Waals surface area contributed by atoms with E-state index in [1.54, 1.807) is 18.2 Å². The summed E-state index contributed by atoms with van der Waals surface area (Å²) in [6.07, 6.45) is 2.09. The normalized spacial score (nSPS) is 18.5. The van der Waals surface area contributed by atoms with E-state index in [4.69, 9.17) is 0 Å². The first-order valence-electron chi connectivity index (χ1n) is 8.38. The van der Waals surface area contributed by atoms with Crippen LogP contribution in [0.4, 0.5) is 15.8 Å². The van der Waals surface area contributed by atoms with Crippen molar-refractivity contribution >= 4 is 27.1 Å². The van der Waals surface area contributed by atoms with Gasteiger partial charge in [-0.2, -0.15) is 0 Å². The van der Waals surface area contributed by atoms with Gasteiger partial charge in [-0.15, -0.1) is 0 Å². The molecule has 0 aliphatic carbocycles. The Bertz CT molecular complexity index is 917. The number of carbonyl (C=O) groups is 1. The van der Waals surface area contributed by atoms with E-state index >= 15 is 0 Å². The van der Waals surface area contributed by atoms with Crippen LogP contribution in [0.5, 0.6) is 0 Å². The molecule has 8 heteroatoms.